The molecule has 2 N–H and O–H groups in total. The van der Waals surface area contributed by atoms with Crippen LogP contribution in [0.5, 0.6) is 0 Å². The van der Waals surface area contributed by atoms with Gasteiger partial charge >= 0.3 is 6.03 Å². The Morgan fingerprint density at radius 1 is 1.26 bits per heavy atom. The molecule has 0 bridgehead atoms. The molecule has 0 unspecified atom stereocenters. The summed E-state index contributed by atoms with van der Waals surface area (Å²) in [6, 6.07) is -0.426. The molecule has 106 valence electrons. The molecule has 2 aliphatic rings. The van der Waals surface area contributed by atoms with Gasteiger partial charge in [0, 0.05) is 19.0 Å². The summed E-state index contributed by atoms with van der Waals surface area (Å²) >= 11 is 0. The van der Waals surface area contributed by atoms with Gasteiger partial charge < -0.3 is 10.2 Å². The van der Waals surface area contributed by atoms with Crippen molar-refractivity contribution in [3.05, 3.63) is 0 Å². The Kier molecular flexibility index (Phi) is 3.78. The van der Waals surface area contributed by atoms with E-state index in [2.05, 4.69) is 10.6 Å². The number of piperidine rings is 1. The Hall–Kier alpha value is -1.59. The van der Waals surface area contributed by atoms with E-state index < -0.39 is 11.6 Å². The van der Waals surface area contributed by atoms with Crippen molar-refractivity contribution >= 4 is 17.8 Å². The van der Waals surface area contributed by atoms with Gasteiger partial charge in [-0.15, -0.1) is 0 Å². The van der Waals surface area contributed by atoms with Gasteiger partial charge in [0.05, 0.1) is 0 Å². The van der Waals surface area contributed by atoms with Gasteiger partial charge in [-0.2, -0.15) is 0 Å². The minimum Gasteiger partial charge on any atom is -0.342 e. The molecule has 0 saturated carbocycles. The monoisotopic (exact) mass is 267 g/mol. The van der Waals surface area contributed by atoms with Crippen molar-refractivity contribution in [2.45, 2.75) is 45.1 Å². The zero-order valence-corrected chi connectivity index (χ0v) is 11.5. The van der Waals surface area contributed by atoms with Crippen LogP contribution in [-0.2, 0) is 9.59 Å². The lowest BCUT2D eigenvalue weighted by Gasteiger charge is -2.38. The maximum Gasteiger partial charge on any atom is 0.322 e. The average molecular weight is 267 g/mol. The van der Waals surface area contributed by atoms with E-state index in [0.717, 1.165) is 12.8 Å². The SMILES string of the molecule is CCC(CC)C(=O)N1CCC2(CC1)NC(=O)NC2=O. The maximum absolute atomic E-state index is 12.2. The van der Waals surface area contributed by atoms with Gasteiger partial charge in [-0.1, -0.05) is 13.8 Å². The third-order valence-corrected chi connectivity index (χ3v) is 4.28. The molecule has 1 spiro atoms. The summed E-state index contributed by atoms with van der Waals surface area (Å²) in [7, 11) is 0. The van der Waals surface area contributed by atoms with Crippen molar-refractivity contribution in [1.82, 2.24) is 15.5 Å². The highest BCUT2D eigenvalue weighted by molar-refractivity contribution is 6.07. The molecule has 0 aromatic heterocycles. The number of hydrogen-bond donors (Lipinski definition) is 2. The standard InChI is InChI=1S/C13H21N3O3/c1-3-9(4-2)10(17)16-7-5-13(6-8-16)11(18)14-12(19)15-13/h9H,3-8H2,1-2H3,(H2,14,15,18,19). The van der Waals surface area contributed by atoms with Crippen molar-refractivity contribution in [1.29, 1.82) is 0 Å². The van der Waals surface area contributed by atoms with Crippen LogP contribution in [-0.4, -0.2) is 41.4 Å². The third-order valence-electron chi connectivity index (χ3n) is 4.28. The van der Waals surface area contributed by atoms with Crippen LogP contribution in [0.25, 0.3) is 0 Å². The van der Waals surface area contributed by atoms with Gasteiger partial charge in [0.25, 0.3) is 5.91 Å². The first-order valence-electron chi connectivity index (χ1n) is 6.94. The summed E-state index contributed by atoms with van der Waals surface area (Å²) < 4.78 is 0. The first-order valence-corrected chi connectivity index (χ1v) is 6.94. The van der Waals surface area contributed by atoms with Crippen LogP contribution in [0.2, 0.25) is 0 Å². The summed E-state index contributed by atoms with van der Waals surface area (Å²) in [6.45, 7) is 5.09. The number of hydrogen-bond acceptors (Lipinski definition) is 3. The summed E-state index contributed by atoms with van der Waals surface area (Å²) in [5.41, 5.74) is -0.790. The average Bonchev–Trinajstić information content (AvgIpc) is 2.66. The number of rotatable bonds is 3. The van der Waals surface area contributed by atoms with E-state index in [1.807, 2.05) is 18.7 Å². The molecule has 4 amide bonds. The third kappa shape index (κ3) is 2.43. The predicted octanol–water partition coefficient (Wildman–Crippen LogP) is 0.623. The number of carbonyl (C=O) groups is 3. The van der Waals surface area contributed by atoms with E-state index in [9.17, 15) is 14.4 Å². The van der Waals surface area contributed by atoms with Crippen molar-refractivity contribution < 1.29 is 14.4 Å². The highest BCUT2D eigenvalue weighted by Gasteiger charge is 2.48. The Balaban J connectivity index is 1.98. The van der Waals surface area contributed by atoms with Gasteiger partial charge in [-0.3, -0.25) is 14.9 Å². The molecule has 0 aromatic rings. The molecule has 2 heterocycles. The van der Waals surface area contributed by atoms with E-state index in [-0.39, 0.29) is 17.7 Å². The molecule has 0 aliphatic carbocycles. The quantitative estimate of drug-likeness (QED) is 0.736. The molecular weight excluding hydrogens is 246 g/mol. The van der Waals surface area contributed by atoms with Crippen molar-refractivity contribution in [3.63, 3.8) is 0 Å². The number of amides is 4. The Morgan fingerprint density at radius 3 is 2.26 bits per heavy atom. The molecule has 0 atom stereocenters. The van der Waals surface area contributed by atoms with E-state index >= 15 is 0 Å². The van der Waals surface area contributed by atoms with Crippen LogP contribution >= 0.6 is 0 Å². The van der Waals surface area contributed by atoms with Gasteiger partial charge in [0.1, 0.15) is 5.54 Å². The molecular formula is C13H21N3O3. The lowest BCUT2D eigenvalue weighted by atomic mass is 9.87. The smallest absolute Gasteiger partial charge is 0.322 e. The Labute approximate surface area is 112 Å². The zero-order valence-electron chi connectivity index (χ0n) is 11.5. The fraction of sp³-hybridized carbons (Fsp3) is 0.769. The molecule has 2 fully saturated rings. The first kappa shape index (κ1) is 13.8. The molecule has 2 saturated heterocycles. The Bertz CT molecular complexity index is 396. The number of urea groups is 1. The second-order valence-electron chi connectivity index (χ2n) is 5.33. The Morgan fingerprint density at radius 2 is 1.84 bits per heavy atom. The largest absolute Gasteiger partial charge is 0.342 e. The maximum atomic E-state index is 12.2. The lowest BCUT2D eigenvalue weighted by Crippen LogP contribution is -2.56. The second-order valence-corrected chi connectivity index (χ2v) is 5.33. The summed E-state index contributed by atoms with van der Waals surface area (Å²) in [4.78, 5) is 37.1. The van der Waals surface area contributed by atoms with E-state index in [1.165, 1.54) is 0 Å². The fourth-order valence-electron chi connectivity index (χ4n) is 2.89. The highest BCUT2D eigenvalue weighted by Crippen LogP contribution is 2.27. The molecule has 2 rings (SSSR count). The minimum atomic E-state index is -0.790. The van der Waals surface area contributed by atoms with Gasteiger partial charge in [0.2, 0.25) is 5.91 Å². The minimum absolute atomic E-state index is 0.0704. The van der Waals surface area contributed by atoms with Crippen LogP contribution < -0.4 is 10.6 Å². The van der Waals surface area contributed by atoms with Crippen LogP contribution in [0.15, 0.2) is 0 Å². The summed E-state index contributed by atoms with van der Waals surface area (Å²) in [6.07, 6.45) is 2.68. The fourth-order valence-corrected chi connectivity index (χ4v) is 2.89. The number of likely N-dealkylation sites (tertiary alicyclic amines) is 1. The number of imide groups is 1. The van der Waals surface area contributed by atoms with Crippen LogP contribution in [0.1, 0.15) is 39.5 Å². The predicted molar refractivity (Wildman–Crippen MR) is 69.3 cm³/mol. The van der Waals surface area contributed by atoms with Gasteiger partial charge in [-0.25, -0.2) is 4.79 Å². The molecule has 6 nitrogen and oxygen atoms in total. The first-order chi connectivity index (χ1) is 9.02. The van der Waals surface area contributed by atoms with Gasteiger partial charge in [0.15, 0.2) is 0 Å². The zero-order chi connectivity index (χ0) is 14.0. The normalized spacial score (nSPS) is 21.7. The van der Waals surface area contributed by atoms with Crippen molar-refractivity contribution in [3.8, 4) is 0 Å². The number of carbonyl (C=O) groups excluding carboxylic acids is 3. The number of nitrogens with one attached hydrogen (secondary N) is 2. The summed E-state index contributed by atoms with van der Waals surface area (Å²) in [5, 5.41) is 4.97. The summed E-state index contributed by atoms with van der Waals surface area (Å²) in [5.74, 6) is -0.0160. The van der Waals surface area contributed by atoms with Crippen LogP contribution in [0, 0.1) is 5.92 Å². The van der Waals surface area contributed by atoms with E-state index in [4.69, 9.17) is 0 Å². The van der Waals surface area contributed by atoms with Crippen molar-refractivity contribution in [2.75, 3.05) is 13.1 Å². The molecule has 2 aliphatic heterocycles. The highest BCUT2D eigenvalue weighted by atomic mass is 16.2. The van der Waals surface area contributed by atoms with Gasteiger partial charge in [-0.05, 0) is 25.7 Å². The topological polar surface area (TPSA) is 78.5 Å². The molecule has 0 aromatic carbocycles. The van der Waals surface area contributed by atoms with Crippen LogP contribution in [0.3, 0.4) is 0 Å². The van der Waals surface area contributed by atoms with E-state index in [0.29, 0.717) is 25.9 Å². The second kappa shape index (κ2) is 5.19. The number of nitrogens with zero attached hydrogens (tertiary/aromatic N) is 1. The molecule has 19 heavy (non-hydrogen) atoms. The lowest BCUT2D eigenvalue weighted by molar-refractivity contribution is -0.139. The molecule has 6 heteroatoms. The van der Waals surface area contributed by atoms with Crippen LogP contribution in [0.4, 0.5) is 4.79 Å². The molecule has 0 radical (unpaired) electrons. The van der Waals surface area contributed by atoms with E-state index in [1.54, 1.807) is 0 Å². The van der Waals surface area contributed by atoms with Crippen molar-refractivity contribution in [2.24, 2.45) is 5.92 Å².